The number of nitrogens with zero attached hydrogens (tertiary/aromatic N) is 2. The molecule has 0 unspecified atom stereocenters. The average molecular weight is 384 g/mol. The summed E-state index contributed by atoms with van der Waals surface area (Å²) in [7, 11) is 0. The van der Waals surface area contributed by atoms with Crippen molar-refractivity contribution < 1.29 is 4.79 Å². The minimum absolute atomic E-state index is 0.178. The van der Waals surface area contributed by atoms with Gasteiger partial charge in [-0.25, -0.2) is 0 Å². The van der Waals surface area contributed by atoms with E-state index in [9.17, 15) is 4.79 Å². The summed E-state index contributed by atoms with van der Waals surface area (Å²) in [6.45, 7) is 6.18. The van der Waals surface area contributed by atoms with Crippen molar-refractivity contribution in [2.45, 2.75) is 13.8 Å². The highest BCUT2D eigenvalue weighted by Gasteiger charge is 2.12. The van der Waals surface area contributed by atoms with Crippen molar-refractivity contribution in [3.63, 3.8) is 0 Å². The van der Waals surface area contributed by atoms with Gasteiger partial charge < -0.3 is 10.2 Å². The first-order valence-electron chi connectivity index (χ1n) is 6.51. The van der Waals surface area contributed by atoms with Gasteiger partial charge in [0.25, 0.3) is 5.91 Å². The molecule has 5 nitrogen and oxygen atoms in total. The van der Waals surface area contributed by atoms with Crippen LogP contribution in [0.15, 0.2) is 30.5 Å². The van der Waals surface area contributed by atoms with Crippen LogP contribution >= 0.6 is 22.6 Å². The van der Waals surface area contributed by atoms with Gasteiger partial charge in [0.2, 0.25) is 0 Å². The van der Waals surface area contributed by atoms with Gasteiger partial charge in [0.1, 0.15) is 5.69 Å². The van der Waals surface area contributed by atoms with Crippen LogP contribution in [0.3, 0.4) is 0 Å². The Bertz CT molecular complexity index is 575. The molecule has 1 amide bonds. The third-order valence-electron chi connectivity index (χ3n) is 3.07. The van der Waals surface area contributed by atoms with Crippen LogP contribution in [0, 0.1) is 3.57 Å². The highest BCUT2D eigenvalue weighted by molar-refractivity contribution is 14.1. The molecule has 106 valence electrons. The first-order valence-corrected chi connectivity index (χ1v) is 7.58. The number of H-pyrrole nitrogens is 1. The summed E-state index contributed by atoms with van der Waals surface area (Å²) in [6.07, 6.45) is 1.62. The molecular formula is C14H17IN4O. The van der Waals surface area contributed by atoms with E-state index >= 15 is 0 Å². The lowest BCUT2D eigenvalue weighted by Crippen LogP contribution is -2.21. The molecule has 0 saturated heterocycles. The lowest BCUT2D eigenvalue weighted by Gasteiger charge is -2.21. The van der Waals surface area contributed by atoms with Gasteiger partial charge >= 0.3 is 0 Å². The number of anilines is 2. The van der Waals surface area contributed by atoms with Gasteiger partial charge in [-0.15, -0.1) is 0 Å². The smallest absolute Gasteiger partial charge is 0.274 e. The van der Waals surface area contributed by atoms with E-state index in [1.54, 1.807) is 6.20 Å². The van der Waals surface area contributed by atoms with Crippen LogP contribution in [0.2, 0.25) is 0 Å². The van der Waals surface area contributed by atoms with Gasteiger partial charge in [-0.2, -0.15) is 5.10 Å². The van der Waals surface area contributed by atoms with Crippen LogP contribution < -0.4 is 10.2 Å². The third kappa shape index (κ3) is 3.30. The molecule has 0 spiro atoms. The SMILES string of the molecule is CCN(CC)c1ccc(NC(=O)c2[nH]ncc2I)cc1. The van der Waals surface area contributed by atoms with Crippen LogP contribution in [0.1, 0.15) is 24.3 Å². The lowest BCUT2D eigenvalue weighted by molar-refractivity contribution is 0.102. The highest BCUT2D eigenvalue weighted by Crippen LogP contribution is 2.18. The second-order valence-corrected chi connectivity index (χ2v) is 5.43. The summed E-state index contributed by atoms with van der Waals surface area (Å²) in [5.41, 5.74) is 2.42. The number of carbonyl (C=O) groups is 1. The van der Waals surface area contributed by atoms with Gasteiger partial charge in [0.15, 0.2) is 0 Å². The molecule has 2 rings (SSSR count). The molecule has 1 aromatic carbocycles. The highest BCUT2D eigenvalue weighted by atomic mass is 127. The Labute approximate surface area is 131 Å². The van der Waals surface area contributed by atoms with E-state index in [2.05, 4.69) is 56.9 Å². The molecule has 2 aromatic rings. The molecule has 0 fully saturated rings. The molecule has 20 heavy (non-hydrogen) atoms. The minimum atomic E-state index is -0.178. The molecule has 1 heterocycles. The topological polar surface area (TPSA) is 61.0 Å². The fraction of sp³-hybridized carbons (Fsp3) is 0.286. The van der Waals surface area contributed by atoms with E-state index in [0.29, 0.717) is 5.69 Å². The van der Waals surface area contributed by atoms with Gasteiger partial charge in [0.05, 0.1) is 9.77 Å². The molecule has 0 aliphatic heterocycles. The normalized spacial score (nSPS) is 10.3. The fourth-order valence-corrected chi connectivity index (χ4v) is 2.47. The first kappa shape index (κ1) is 14.8. The van der Waals surface area contributed by atoms with E-state index in [4.69, 9.17) is 0 Å². The number of halogens is 1. The zero-order valence-electron chi connectivity index (χ0n) is 11.5. The van der Waals surface area contributed by atoms with Crippen molar-refractivity contribution in [1.29, 1.82) is 0 Å². The molecule has 0 saturated carbocycles. The van der Waals surface area contributed by atoms with E-state index in [-0.39, 0.29) is 5.91 Å². The van der Waals surface area contributed by atoms with Crippen molar-refractivity contribution in [1.82, 2.24) is 10.2 Å². The molecule has 0 atom stereocenters. The Morgan fingerprint density at radius 2 is 1.95 bits per heavy atom. The van der Waals surface area contributed by atoms with Crippen molar-refractivity contribution in [3.05, 3.63) is 39.7 Å². The van der Waals surface area contributed by atoms with Gasteiger partial charge in [-0.3, -0.25) is 9.89 Å². The van der Waals surface area contributed by atoms with Crippen molar-refractivity contribution in [2.24, 2.45) is 0 Å². The van der Waals surface area contributed by atoms with Gasteiger partial charge in [-0.1, -0.05) is 0 Å². The summed E-state index contributed by atoms with van der Waals surface area (Å²) in [5, 5.41) is 9.39. The van der Waals surface area contributed by atoms with Gasteiger partial charge in [-0.05, 0) is 60.7 Å². The molecule has 0 aliphatic rings. The van der Waals surface area contributed by atoms with Crippen molar-refractivity contribution in [3.8, 4) is 0 Å². The Kier molecular flexibility index (Phi) is 4.99. The van der Waals surface area contributed by atoms with Crippen LogP contribution in [-0.2, 0) is 0 Å². The number of rotatable bonds is 5. The average Bonchev–Trinajstić information content (AvgIpc) is 2.88. The fourth-order valence-electron chi connectivity index (χ4n) is 1.97. The Morgan fingerprint density at radius 3 is 2.45 bits per heavy atom. The maximum absolute atomic E-state index is 12.0. The van der Waals surface area contributed by atoms with E-state index in [1.165, 1.54) is 0 Å². The summed E-state index contributed by atoms with van der Waals surface area (Å²) >= 11 is 2.08. The zero-order valence-corrected chi connectivity index (χ0v) is 13.6. The molecule has 0 radical (unpaired) electrons. The number of carbonyl (C=O) groups excluding carboxylic acids is 1. The second-order valence-electron chi connectivity index (χ2n) is 4.27. The van der Waals surface area contributed by atoms with Crippen LogP contribution in [0.5, 0.6) is 0 Å². The summed E-state index contributed by atoms with van der Waals surface area (Å²) < 4.78 is 0.805. The Balaban J connectivity index is 2.08. The quantitative estimate of drug-likeness (QED) is 0.779. The van der Waals surface area contributed by atoms with Crippen LogP contribution in [0.25, 0.3) is 0 Å². The maximum atomic E-state index is 12.0. The summed E-state index contributed by atoms with van der Waals surface area (Å²) in [5.74, 6) is -0.178. The number of nitrogens with one attached hydrogen (secondary N) is 2. The molecule has 0 bridgehead atoms. The minimum Gasteiger partial charge on any atom is -0.372 e. The zero-order chi connectivity index (χ0) is 14.5. The molecule has 2 N–H and O–H groups in total. The maximum Gasteiger partial charge on any atom is 0.274 e. The molecule has 0 aliphatic carbocycles. The van der Waals surface area contributed by atoms with E-state index in [0.717, 1.165) is 28.0 Å². The van der Waals surface area contributed by atoms with Gasteiger partial charge in [0, 0.05) is 24.5 Å². The first-order chi connectivity index (χ1) is 9.65. The van der Waals surface area contributed by atoms with Crippen molar-refractivity contribution >= 4 is 39.9 Å². The largest absolute Gasteiger partial charge is 0.372 e. The predicted molar refractivity (Wildman–Crippen MR) is 89.3 cm³/mol. The van der Waals surface area contributed by atoms with E-state index in [1.807, 2.05) is 24.3 Å². The molecule has 1 aromatic heterocycles. The molecule has 6 heteroatoms. The number of aromatic nitrogens is 2. The summed E-state index contributed by atoms with van der Waals surface area (Å²) in [6, 6.07) is 7.85. The van der Waals surface area contributed by atoms with Crippen LogP contribution in [-0.4, -0.2) is 29.2 Å². The van der Waals surface area contributed by atoms with Crippen LogP contribution in [0.4, 0.5) is 11.4 Å². The predicted octanol–water partition coefficient (Wildman–Crippen LogP) is 3.11. The lowest BCUT2D eigenvalue weighted by atomic mass is 10.2. The number of amides is 1. The standard InChI is InChI=1S/C14H17IN4O/c1-3-19(4-2)11-7-5-10(6-8-11)17-14(20)13-12(15)9-16-18-13/h5-9H,3-4H2,1-2H3,(H,16,18)(H,17,20). The third-order valence-corrected chi connectivity index (χ3v) is 3.89. The number of hydrogen-bond donors (Lipinski definition) is 2. The number of hydrogen-bond acceptors (Lipinski definition) is 3. The Morgan fingerprint density at radius 1 is 1.30 bits per heavy atom. The summed E-state index contributed by atoms with van der Waals surface area (Å²) in [4.78, 5) is 14.3. The van der Waals surface area contributed by atoms with Crippen molar-refractivity contribution in [2.75, 3.05) is 23.3 Å². The number of benzene rings is 1. The molecular weight excluding hydrogens is 367 g/mol. The van der Waals surface area contributed by atoms with E-state index < -0.39 is 0 Å². The second kappa shape index (κ2) is 6.74. The monoisotopic (exact) mass is 384 g/mol. The Hall–Kier alpha value is -1.57. The number of aromatic amines is 1.